The van der Waals surface area contributed by atoms with Gasteiger partial charge in [-0.25, -0.2) is 0 Å². The predicted octanol–water partition coefficient (Wildman–Crippen LogP) is 4.63. The standard InChI is InChI=1S/C16H17Cl2NO/c1-2-20-16-6-4-3-5-13(16)15(19)10-11-9-12(17)7-8-14(11)18/h3-9,15H,2,10,19H2,1H3. The monoisotopic (exact) mass is 309 g/mol. The Kier molecular flexibility index (Phi) is 5.30. The molecule has 106 valence electrons. The Bertz CT molecular complexity index is 586. The Hall–Kier alpha value is -1.22. The lowest BCUT2D eigenvalue weighted by Gasteiger charge is -2.17. The molecule has 0 spiro atoms. The molecule has 0 heterocycles. The van der Waals surface area contributed by atoms with Crippen LogP contribution in [0, 0.1) is 0 Å². The number of hydrogen-bond acceptors (Lipinski definition) is 2. The van der Waals surface area contributed by atoms with Gasteiger partial charge in [0.2, 0.25) is 0 Å². The van der Waals surface area contributed by atoms with Crippen LogP contribution in [0.5, 0.6) is 5.75 Å². The van der Waals surface area contributed by atoms with Crippen molar-refractivity contribution < 1.29 is 4.74 Å². The molecule has 20 heavy (non-hydrogen) atoms. The summed E-state index contributed by atoms with van der Waals surface area (Å²) < 4.78 is 5.61. The highest BCUT2D eigenvalue weighted by molar-refractivity contribution is 6.33. The fraction of sp³-hybridized carbons (Fsp3) is 0.250. The zero-order valence-electron chi connectivity index (χ0n) is 11.3. The quantitative estimate of drug-likeness (QED) is 0.873. The van der Waals surface area contributed by atoms with E-state index in [0.29, 0.717) is 23.1 Å². The number of para-hydroxylation sites is 1. The molecule has 0 amide bonds. The molecule has 2 rings (SSSR count). The third-order valence-corrected chi connectivity index (χ3v) is 3.67. The maximum atomic E-state index is 6.30. The van der Waals surface area contributed by atoms with Gasteiger partial charge in [-0.2, -0.15) is 0 Å². The first-order valence-corrected chi connectivity index (χ1v) is 7.28. The third kappa shape index (κ3) is 3.66. The van der Waals surface area contributed by atoms with Crippen molar-refractivity contribution in [3.05, 3.63) is 63.6 Å². The highest BCUT2D eigenvalue weighted by Gasteiger charge is 2.14. The SMILES string of the molecule is CCOc1ccccc1C(N)Cc1cc(Cl)ccc1Cl. The summed E-state index contributed by atoms with van der Waals surface area (Å²) in [7, 11) is 0. The average molecular weight is 310 g/mol. The van der Waals surface area contributed by atoms with Crippen LogP contribution in [0.1, 0.15) is 24.1 Å². The first-order valence-electron chi connectivity index (χ1n) is 6.53. The van der Waals surface area contributed by atoms with E-state index in [1.54, 1.807) is 12.1 Å². The minimum atomic E-state index is -0.186. The fourth-order valence-corrected chi connectivity index (χ4v) is 2.51. The topological polar surface area (TPSA) is 35.2 Å². The Balaban J connectivity index is 2.23. The van der Waals surface area contributed by atoms with Crippen molar-refractivity contribution in [2.45, 2.75) is 19.4 Å². The summed E-state index contributed by atoms with van der Waals surface area (Å²) in [5.41, 5.74) is 8.22. The highest BCUT2D eigenvalue weighted by Crippen LogP contribution is 2.29. The van der Waals surface area contributed by atoms with Crippen LogP contribution in [0.15, 0.2) is 42.5 Å². The Morgan fingerprint density at radius 3 is 2.65 bits per heavy atom. The molecule has 0 radical (unpaired) electrons. The van der Waals surface area contributed by atoms with Crippen LogP contribution in [0.4, 0.5) is 0 Å². The van der Waals surface area contributed by atoms with E-state index >= 15 is 0 Å². The summed E-state index contributed by atoms with van der Waals surface area (Å²) in [4.78, 5) is 0. The summed E-state index contributed by atoms with van der Waals surface area (Å²) in [5, 5.41) is 1.34. The Labute approximate surface area is 129 Å². The minimum Gasteiger partial charge on any atom is -0.494 e. The minimum absolute atomic E-state index is 0.186. The molecule has 2 nitrogen and oxygen atoms in total. The van der Waals surface area contributed by atoms with Crippen molar-refractivity contribution in [1.82, 2.24) is 0 Å². The van der Waals surface area contributed by atoms with Gasteiger partial charge in [0.15, 0.2) is 0 Å². The molecule has 1 unspecified atom stereocenters. The smallest absolute Gasteiger partial charge is 0.124 e. The van der Waals surface area contributed by atoms with E-state index in [-0.39, 0.29) is 6.04 Å². The molecule has 1 atom stereocenters. The summed E-state index contributed by atoms with van der Waals surface area (Å²) in [6, 6.07) is 13.0. The normalized spacial score (nSPS) is 12.2. The molecule has 2 N–H and O–H groups in total. The lowest BCUT2D eigenvalue weighted by Crippen LogP contribution is -2.15. The number of benzene rings is 2. The van der Waals surface area contributed by atoms with Gasteiger partial charge in [-0.05, 0) is 43.2 Å². The molecule has 2 aromatic carbocycles. The largest absolute Gasteiger partial charge is 0.494 e. The Morgan fingerprint density at radius 2 is 1.90 bits per heavy atom. The number of halogens is 2. The van der Waals surface area contributed by atoms with Gasteiger partial charge < -0.3 is 10.5 Å². The average Bonchev–Trinajstić information content (AvgIpc) is 2.44. The van der Waals surface area contributed by atoms with Crippen LogP contribution in [-0.2, 0) is 6.42 Å². The zero-order chi connectivity index (χ0) is 14.5. The van der Waals surface area contributed by atoms with E-state index in [4.69, 9.17) is 33.7 Å². The molecule has 0 bridgehead atoms. The number of hydrogen-bond donors (Lipinski definition) is 1. The maximum Gasteiger partial charge on any atom is 0.124 e. The van der Waals surface area contributed by atoms with Crippen molar-refractivity contribution in [2.75, 3.05) is 6.61 Å². The van der Waals surface area contributed by atoms with Gasteiger partial charge in [-0.15, -0.1) is 0 Å². The van der Waals surface area contributed by atoms with Crippen molar-refractivity contribution >= 4 is 23.2 Å². The van der Waals surface area contributed by atoms with Crippen molar-refractivity contribution in [2.24, 2.45) is 5.73 Å². The molecule has 0 aliphatic rings. The van der Waals surface area contributed by atoms with Gasteiger partial charge in [0.1, 0.15) is 5.75 Å². The van der Waals surface area contributed by atoms with Gasteiger partial charge >= 0.3 is 0 Å². The maximum absolute atomic E-state index is 6.30. The van der Waals surface area contributed by atoms with E-state index in [0.717, 1.165) is 16.9 Å². The molecule has 0 saturated carbocycles. The Morgan fingerprint density at radius 1 is 1.15 bits per heavy atom. The van der Waals surface area contributed by atoms with E-state index in [1.165, 1.54) is 0 Å². The van der Waals surface area contributed by atoms with Crippen LogP contribution >= 0.6 is 23.2 Å². The van der Waals surface area contributed by atoms with E-state index < -0.39 is 0 Å². The van der Waals surface area contributed by atoms with E-state index in [2.05, 4.69) is 0 Å². The summed E-state index contributed by atoms with van der Waals surface area (Å²) in [5.74, 6) is 0.820. The zero-order valence-corrected chi connectivity index (χ0v) is 12.8. The molecule has 0 aromatic heterocycles. The van der Waals surface area contributed by atoms with Gasteiger partial charge in [0.25, 0.3) is 0 Å². The number of rotatable bonds is 5. The molecular weight excluding hydrogens is 293 g/mol. The second-order valence-electron chi connectivity index (χ2n) is 4.52. The van der Waals surface area contributed by atoms with Crippen LogP contribution in [0.3, 0.4) is 0 Å². The van der Waals surface area contributed by atoms with Gasteiger partial charge in [0, 0.05) is 21.7 Å². The van der Waals surface area contributed by atoms with Crippen molar-refractivity contribution in [1.29, 1.82) is 0 Å². The molecular formula is C16H17Cl2NO. The number of ether oxygens (including phenoxy) is 1. The summed E-state index contributed by atoms with van der Waals surface area (Å²) >= 11 is 12.2. The van der Waals surface area contributed by atoms with Crippen LogP contribution in [0.2, 0.25) is 10.0 Å². The summed E-state index contributed by atoms with van der Waals surface area (Å²) in [6.45, 7) is 2.57. The second kappa shape index (κ2) is 6.98. The fourth-order valence-electron chi connectivity index (χ4n) is 2.12. The number of nitrogens with two attached hydrogens (primary N) is 1. The van der Waals surface area contributed by atoms with Crippen LogP contribution in [0.25, 0.3) is 0 Å². The second-order valence-corrected chi connectivity index (χ2v) is 5.36. The van der Waals surface area contributed by atoms with Gasteiger partial charge in [-0.3, -0.25) is 0 Å². The van der Waals surface area contributed by atoms with Crippen LogP contribution < -0.4 is 10.5 Å². The molecule has 2 aromatic rings. The van der Waals surface area contributed by atoms with E-state index in [1.807, 2.05) is 37.3 Å². The van der Waals surface area contributed by atoms with Gasteiger partial charge in [-0.1, -0.05) is 41.4 Å². The summed E-state index contributed by atoms with van der Waals surface area (Å²) in [6.07, 6.45) is 0.615. The molecule has 0 aliphatic carbocycles. The predicted molar refractivity (Wildman–Crippen MR) is 84.7 cm³/mol. The lowest BCUT2D eigenvalue weighted by atomic mass is 9.99. The molecule has 4 heteroatoms. The highest BCUT2D eigenvalue weighted by atomic mass is 35.5. The van der Waals surface area contributed by atoms with E-state index in [9.17, 15) is 0 Å². The van der Waals surface area contributed by atoms with Gasteiger partial charge in [0.05, 0.1) is 6.61 Å². The first kappa shape index (κ1) is 15.2. The molecule has 0 fully saturated rings. The lowest BCUT2D eigenvalue weighted by molar-refractivity contribution is 0.334. The first-order chi connectivity index (χ1) is 9.61. The van der Waals surface area contributed by atoms with Crippen molar-refractivity contribution in [3.8, 4) is 5.75 Å². The molecule has 0 saturated heterocycles. The van der Waals surface area contributed by atoms with Crippen LogP contribution in [-0.4, -0.2) is 6.61 Å². The van der Waals surface area contributed by atoms with Crippen molar-refractivity contribution in [3.63, 3.8) is 0 Å². The molecule has 0 aliphatic heterocycles. The third-order valence-electron chi connectivity index (χ3n) is 3.07.